The van der Waals surface area contributed by atoms with Crippen LogP contribution in [-0.4, -0.2) is 28.0 Å². The van der Waals surface area contributed by atoms with Gasteiger partial charge < -0.3 is 15.0 Å². The number of anilines is 1. The molecule has 8 heteroatoms. The number of primary amides is 1. The van der Waals surface area contributed by atoms with E-state index in [9.17, 15) is 9.59 Å². The number of amides is 2. The highest BCUT2D eigenvalue weighted by Crippen LogP contribution is 2.27. The van der Waals surface area contributed by atoms with E-state index in [-0.39, 0.29) is 18.9 Å². The zero-order valence-corrected chi connectivity index (χ0v) is 16.1. The van der Waals surface area contributed by atoms with Gasteiger partial charge in [-0.2, -0.15) is 0 Å². The monoisotopic (exact) mass is 386 g/mol. The number of nitrogens with zero attached hydrogens (tertiary/aromatic N) is 2. The molecule has 0 radical (unpaired) electrons. The molecule has 2 heterocycles. The third-order valence-electron chi connectivity index (χ3n) is 3.85. The predicted octanol–water partition coefficient (Wildman–Crippen LogP) is 2.80. The smallest absolute Gasteiger partial charge is 0.264 e. The largest absolute Gasteiger partial charge is 0.483 e. The molecule has 2 aromatic heterocycles. The normalized spacial score (nSPS) is 11.1. The Morgan fingerprint density at radius 2 is 2.15 bits per heavy atom. The Labute approximate surface area is 161 Å². The highest BCUT2D eigenvalue weighted by atomic mass is 32.1. The van der Waals surface area contributed by atoms with Crippen molar-refractivity contribution in [1.29, 1.82) is 0 Å². The second-order valence-corrected chi connectivity index (χ2v) is 7.53. The summed E-state index contributed by atoms with van der Waals surface area (Å²) in [6.45, 7) is 5.14. The van der Waals surface area contributed by atoms with Crippen LogP contribution >= 0.6 is 11.3 Å². The third kappa shape index (κ3) is 4.85. The van der Waals surface area contributed by atoms with Crippen molar-refractivity contribution in [2.75, 3.05) is 11.9 Å². The number of carbonyl (C=O) groups is 2. The van der Waals surface area contributed by atoms with Crippen LogP contribution in [0.15, 0.2) is 35.8 Å². The molecule has 0 saturated carbocycles. The molecule has 142 valence electrons. The molecule has 0 aliphatic heterocycles. The van der Waals surface area contributed by atoms with Crippen LogP contribution in [0, 0.1) is 5.92 Å². The van der Waals surface area contributed by atoms with Crippen LogP contribution in [0.5, 0.6) is 5.75 Å². The van der Waals surface area contributed by atoms with Gasteiger partial charge in [-0.3, -0.25) is 14.9 Å². The number of carbonyl (C=O) groups excluding carboxylic acids is 2. The SMILES string of the molecule is CC(C)Cn1ccc2c(OCC(=O)Nc3nc(CC(N)=O)cs3)cccc21. The van der Waals surface area contributed by atoms with E-state index >= 15 is 0 Å². The molecule has 27 heavy (non-hydrogen) atoms. The van der Waals surface area contributed by atoms with Crippen LogP contribution in [0.25, 0.3) is 10.9 Å². The molecule has 0 aliphatic carbocycles. The molecule has 1 aromatic carbocycles. The number of hydrogen-bond acceptors (Lipinski definition) is 5. The standard InChI is InChI=1S/C19H22N4O3S/c1-12(2)9-23-7-6-14-15(23)4-3-5-16(14)26-10-18(25)22-19-21-13(11-27-19)8-17(20)24/h3-7,11-12H,8-10H2,1-2H3,(H2,20,24)(H,21,22,25). The molecule has 3 rings (SSSR count). The van der Waals surface area contributed by atoms with Gasteiger partial charge in [-0.1, -0.05) is 19.9 Å². The van der Waals surface area contributed by atoms with Crippen LogP contribution in [0.3, 0.4) is 0 Å². The molecule has 3 aromatic rings. The van der Waals surface area contributed by atoms with E-state index in [1.807, 2.05) is 30.5 Å². The molecule has 0 aliphatic rings. The van der Waals surface area contributed by atoms with E-state index in [0.717, 1.165) is 17.4 Å². The van der Waals surface area contributed by atoms with Crippen LogP contribution in [0.4, 0.5) is 5.13 Å². The number of nitrogens with two attached hydrogens (primary N) is 1. The van der Waals surface area contributed by atoms with E-state index in [0.29, 0.717) is 22.5 Å². The van der Waals surface area contributed by atoms with Gasteiger partial charge in [0.2, 0.25) is 5.91 Å². The van der Waals surface area contributed by atoms with E-state index in [1.165, 1.54) is 11.3 Å². The fourth-order valence-electron chi connectivity index (χ4n) is 2.80. The molecule has 0 saturated heterocycles. The lowest BCUT2D eigenvalue weighted by molar-refractivity contribution is -0.118. The van der Waals surface area contributed by atoms with Gasteiger partial charge >= 0.3 is 0 Å². The Kier molecular flexibility index (Phi) is 5.75. The van der Waals surface area contributed by atoms with Gasteiger partial charge in [0.15, 0.2) is 11.7 Å². The average Bonchev–Trinajstić information content (AvgIpc) is 3.19. The summed E-state index contributed by atoms with van der Waals surface area (Å²) in [5.74, 6) is 0.431. The fraction of sp³-hybridized carbons (Fsp3) is 0.316. The third-order valence-corrected chi connectivity index (χ3v) is 4.65. The second kappa shape index (κ2) is 8.22. The zero-order valence-electron chi connectivity index (χ0n) is 15.3. The number of rotatable bonds is 8. The van der Waals surface area contributed by atoms with E-state index in [1.54, 1.807) is 5.38 Å². The van der Waals surface area contributed by atoms with Gasteiger partial charge in [-0.15, -0.1) is 11.3 Å². The Bertz CT molecular complexity index is 961. The number of thiazole rings is 1. The van der Waals surface area contributed by atoms with Crippen LogP contribution in [0.2, 0.25) is 0 Å². The highest BCUT2D eigenvalue weighted by Gasteiger charge is 2.11. The van der Waals surface area contributed by atoms with Gasteiger partial charge in [0.1, 0.15) is 5.75 Å². The molecule has 0 bridgehead atoms. The van der Waals surface area contributed by atoms with Crippen LogP contribution < -0.4 is 15.8 Å². The van der Waals surface area contributed by atoms with Gasteiger partial charge in [-0.25, -0.2) is 4.98 Å². The number of nitrogens with one attached hydrogen (secondary N) is 1. The topological polar surface area (TPSA) is 99.2 Å². The minimum Gasteiger partial charge on any atom is -0.483 e. The fourth-order valence-corrected chi connectivity index (χ4v) is 3.52. The van der Waals surface area contributed by atoms with Crippen molar-refractivity contribution in [1.82, 2.24) is 9.55 Å². The molecule has 2 amide bonds. The van der Waals surface area contributed by atoms with Gasteiger partial charge in [0.05, 0.1) is 17.6 Å². The zero-order chi connectivity index (χ0) is 19.4. The summed E-state index contributed by atoms with van der Waals surface area (Å²) in [6.07, 6.45) is 2.09. The lowest BCUT2D eigenvalue weighted by atomic mass is 10.2. The Hall–Kier alpha value is -2.87. The van der Waals surface area contributed by atoms with Gasteiger partial charge in [-0.05, 0) is 24.1 Å². The molecular weight excluding hydrogens is 364 g/mol. The van der Waals surface area contributed by atoms with Crippen molar-refractivity contribution in [3.8, 4) is 5.75 Å². The maximum Gasteiger partial charge on any atom is 0.264 e. The van der Waals surface area contributed by atoms with E-state index in [2.05, 4.69) is 28.7 Å². The molecule has 7 nitrogen and oxygen atoms in total. The first-order valence-corrected chi connectivity index (χ1v) is 9.53. The average molecular weight is 386 g/mol. The lowest BCUT2D eigenvalue weighted by Gasteiger charge is -2.10. The van der Waals surface area contributed by atoms with Crippen molar-refractivity contribution in [3.63, 3.8) is 0 Å². The quantitative estimate of drug-likeness (QED) is 0.622. The summed E-state index contributed by atoms with van der Waals surface area (Å²) in [6, 6.07) is 7.81. The summed E-state index contributed by atoms with van der Waals surface area (Å²) >= 11 is 1.24. The lowest BCUT2D eigenvalue weighted by Crippen LogP contribution is -2.20. The first-order chi connectivity index (χ1) is 12.9. The van der Waals surface area contributed by atoms with Gasteiger partial charge in [0.25, 0.3) is 5.91 Å². The Morgan fingerprint density at radius 1 is 1.33 bits per heavy atom. The minimum atomic E-state index is -0.459. The maximum absolute atomic E-state index is 12.1. The van der Waals surface area contributed by atoms with E-state index < -0.39 is 5.91 Å². The predicted molar refractivity (Wildman–Crippen MR) is 106 cm³/mol. The van der Waals surface area contributed by atoms with Crippen molar-refractivity contribution >= 4 is 39.2 Å². The summed E-state index contributed by atoms with van der Waals surface area (Å²) in [4.78, 5) is 27.2. The highest BCUT2D eigenvalue weighted by molar-refractivity contribution is 7.13. The summed E-state index contributed by atoms with van der Waals surface area (Å²) in [5, 5.41) is 5.76. The second-order valence-electron chi connectivity index (χ2n) is 6.67. The molecular formula is C19H22N4O3S. The maximum atomic E-state index is 12.1. The minimum absolute atomic E-state index is 0.0538. The summed E-state index contributed by atoms with van der Waals surface area (Å²) < 4.78 is 7.90. The number of hydrogen-bond donors (Lipinski definition) is 2. The Morgan fingerprint density at radius 3 is 2.89 bits per heavy atom. The molecule has 0 atom stereocenters. The van der Waals surface area contributed by atoms with Crippen molar-refractivity contribution in [2.45, 2.75) is 26.8 Å². The first-order valence-electron chi connectivity index (χ1n) is 8.65. The van der Waals surface area contributed by atoms with Crippen molar-refractivity contribution < 1.29 is 14.3 Å². The number of benzene rings is 1. The van der Waals surface area contributed by atoms with Crippen molar-refractivity contribution in [3.05, 3.63) is 41.5 Å². The number of ether oxygens (including phenoxy) is 1. The number of aromatic nitrogens is 2. The van der Waals surface area contributed by atoms with Crippen LogP contribution in [0.1, 0.15) is 19.5 Å². The number of fused-ring (bicyclic) bond motifs is 1. The molecule has 0 unspecified atom stereocenters. The molecule has 0 fully saturated rings. The Balaban J connectivity index is 1.62. The summed E-state index contributed by atoms with van der Waals surface area (Å²) in [5.41, 5.74) is 6.76. The molecule has 0 spiro atoms. The first kappa shape index (κ1) is 18.9. The van der Waals surface area contributed by atoms with E-state index in [4.69, 9.17) is 10.5 Å². The van der Waals surface area contributed by atoms with Crippen molar-refractivity contribution in [2.24, 2.45) is 11.7 Å². The molecule has 3 N–H and O–H groups in total. The van der Waals surface area contributed by atoms with Crippen LogP contribution in [-0.2, 0) is 22.6 Å². The van der Waals surface area contributed by atoms with Gasteiger partial charge in [0, 0.05) is 23.5 Å². The summed E-state index contributed by atoms with van der Waals surface area (Å²) in [7, 11) is 0.